The number of aryl methyl sites for hydroxylation is 1. The number of aromatic nitrogens is 4. The summed E-state index contributed by atoms with van der Waals surface area (Å²) in [7, 11) is 4.05. The number of likely N-dealkylation sites (N-methyl/N-ethyl adjacent to an activating group) is 1. The molecule has 2 saturated heterocycles. The van der Waals surface area contributed by atoms with Crippen LogP contribution in [0.25, 0.3) is 32.9 Å². The zero-order valence-corrected chi connectivity index (χ0v) is 26.1. The second-order valence-electron chi connectivity index (χ2n) is 12.0. The van der Waals surface area contributed by atoms with Gasteiger partial charge in [-0.15, -0.1) is 0 Å². The van der Waals surface area contributed by atoms with Gasteiger partial charge in [-0.05, 0) is 58.6 Å². The third-order valence-corrected chi connectivity index (χ3v) is 9.16. The number of fused-ring (bicyclic) bond motifs is 2. The van der Waals surface area contributed by atoms with Crippen LogP contribution in [0.2, 0.25) is 5.02 Å². The molecule has 2 aromatic carbocycles. The van der Waals surface area contributed by atoms with E-state index < -0.39 is 11.7 Å². The highest BCUT2D eigenvalue weighted by Crippen LogP contribution is 2.43. The summed E-state index contributed by atoms with van der Waals surface area (Å²) in [6.45, 7) is 11.8. The van der Waals surface area contributed by atoms with E-state index in [9.17, 15) is 9.59 Å². The van der Waals surface area contributed by atoms with E-state index >= 15 is 4.39 Å². The summed E-state index contributed by atoms with van der Waals surface area (Å²) < 4.78 is 17.0. The molecule has 3 N–H and O–H groups in total. The van der Waals surface area contributed by atoms with Crippen LogP contribution < -0.4 is 15.5 Å². The maximum absolute atomic E-state index is 17.0. The van der Waals surface area contributed by atoms with Crippen LogP contribution in [0.5, 0.6) is 0 Å². The van der Waals surface area contributed by atoms with Gasteiger partial charge < -0.3 is 25.3 Å². The first-order valence-electron chi connectivity index (χ1n) is 14.5. The third kappa shape index (κ3) is 4.72. The van der Waals surface area contributed by atoms with Gasteiger partial charge in [0.25, 0.3) is 5.91 Å². The Labute approximate surface area is 259 Å². The summed E-state index contributed by atoms with van der Waals surface area (Å²) >= 11 is 6.93. The molecular weight excluding hydrogens is 585 g/mol. The number of nitrogens with one attached hydrogen (secondary N) is 1. The highest BCUT2D eigenvalue weighted by atomic mass is 35.5. The Morgan fingerprint density at radius 1 is 1.14 bits per heavy atom. The average Bonchev–Trinajstić information content (AvgIpc) is 3.38. The fraction of sp³-hybridized carbons (Fsp3) is 0.387. The number of hydrogen-bond acceptors (Lipinski definition) is 8. The molecule has 2 aliphatic rings. The maximum Gasteiger partial charge on any atom is 0.269 e. The molecule has 230 valence electrons. The van der Waals surface area contributed by atoms with E-state index in [-0.39, 0.29) is 39.8 Å². The normalized spacial score (nSPS) is 19.2. The average molecular weight is 620 g/mol. The number of nitrogens with zero attached hydrogens (tertiary/aromatic N) is 7. The second-order valence-corrected chi connectivity index (χ2v) is 12.4. The number of anilines is 2. The van der Waals surface area contributed by atoms with Crippen LogP contribution in [0.3, 0.4) is 0 Å². The quantitative estimate of drug-likeness (QED) is 0.313. The molecule has 0 radical (unpaired) electrons. The predicted molar refractivity (Wildman–Crippen MR) is 171 cm³/mol. The Hall–Kier alpha value is -4.29. The van der Waals surface area contributed by atoms with Crippen LogP contribution >= 0.6 is 11.6 Å². The molecule has 4 heterocycles. The zero-order valence-electron chi connectivity index (χ0n) is 25.4. The molecule has 11 nitrogen and oxygen atoms in total. The standard InChI is InChI=1S/C31H35ClFN9O2/c1-7-22(43)41-11-17(4)42(12-16(41)3)30-19-10-20(32)24(23-15(2)8-9-21-25(23)28(29(34)44)38-37-21)26(33)27(19)35-31(36-30)40-13-18(14-40)39(5)6/h7-10,16-18H,1,11-14H2,2-6H3,(H2,34,44)(H,37,38)/t16-,17+/m1/s1. The Kier molecular flexibility index (Phi) is 7.45. The molecule has 6 rings (SSSR count). The number of carbonyl (C=O) groups excluding carboxylic acids is 2. The summed E-state index contributed by atoms with van der Waals surface area (Å²) in [4.78, 5) is 42.6. The number of aromatic amines is 1. The van der Waals surface area contributed by atoms with Gasteiger partial charge in [-0.25, -0.2) is 9.37 Å². The van der Waals surface area contributed by atoms with E-state index in [1.54, 1.807) is 17.0 Å². The van der Waals surface area contributed by atoms with Crippen LogP contribution in [0.15, 0.2) is 30.9 Å². The van der Waals surface area contributed by atoms with Gasteiger partial charge >= 0.3 is 0 Å². The van der Waals surface area contributed by atoms with E-state index in [1.807, 2.05) is 45.8 Å². The first kappa shape index (κ1) is 29.8. The van der Waals surface area contributed by atoms with Crippen LogP contribution in [0, 0.1) is 12.7 Å². The van der Waals surface area contributed by atoms with E-state index in [2.05, 4.69) is 26.6 Å². The van der Waals surface area contributed by atoms with Crippen molar-refractivity contribution in [1.82, 2.24) is 30.0 Å². The molecule has 2 atom stereocenters. The van der Waals surface area contributed by atoms with Crippen molar-refractivity contribution in [1.29, 1.82) is 0 Å². The molecular formula is C31H35ClFN9O2. The lowest BCUT2D eigenvalue weighted by Gasteiger charge is -2.45. The minimum atomic E-state index is -0.738. The molecule has 0 aliphatic carbocycles. The SMILES string of the molecule is C=CC(=O)N1C[C@H](C)N(c2nc(N3CC(N(C)C)C3)nc3c(F)c(-c4c(C)ccc5[nH]nc(C(N)=O)c45)c(Cl)cc23)C[C@H]1C. The van der Waals surface area contributed by atoms with E-state index in [0.29, 0.717) is 71.4 Å². The maximum atomic E-state index is 17.0. The smallest absolute Gasteiger partial charge is 0.269 e. The van der Waals surface area contributed by atoms with Gasteiger partial charge in [0.05, 0.1) is 10.5 Å². The summed E-state index contributed by atoms with van der Waals surface area (Å²) in [5.74, 6) is -0.538. The lowest BCUT2D eigenvalue weighted by Crippen LogP contribution is -2.59. The zero-order chi connectivity index (χ0) is 31.6. The van der Waals surface area contributed by atoms with Gasteiger partial charge in [-0.2, -0.15) is 10.1 Å². The van der Waals surface area contributed by atoms with E-state index in [4.69, 9.17) is 27.3 Å². The molecule has 2 amide bonds. The lowest BCUT2D eigenvalue weighted by molar-refractivity contribution is -0.128. The number of carbonyl (C=O) groups is 2. The van der Waals surface area contributed by atoms with Crippen LogP contribution in [-0.2, 0) is 4.79 Å². The fourth-order valence-electron chi connectivity index (χ4n) is 6.27. The highest BCUT2D eigenvalue weighted by Gasteiger charge is 2.36. The van der Waals surface area contributed by atoms with Gasteiger partial charge in [-0.3, -0.25) is 14.7 Å². The van der Waals surface area contributed by atoms with Crippen LogP contribution in [-0.4, -0.2) is 100 Å². The number of piperazine rings is 1. The Balaban J connectivity index is 1.57. The molecule has 0 unspecified atom stereocenters. The number of amides is 2. The topological polar surface area (TPSA) is 128 Å². The Bertz CT molecular complexity index is 1830. The minimum absolute atomic E-state index is 0.00314. The largest absolute Gasteiger partial charge is 0.364 e. The first-order valence-corrected chi connectivity index (χ1v) is 14.9. The number of halogens is 2. The Morgan fingerprint density at radius 2 is 1.86 bits per heavy atom. The third-order valence-electron chi connectivity index (χ3n) is 8.86. The van der Waals surface area contributed by atoms with Crippen molar-refractivity contribution in [3.63, 3.8) is 0 Å². The monoisotopic (exact) mass is 619 g/mol. The van der Waals surface area contributed by atoms with Crippen molar-refractivity contribution < 1.29 is 14.0 Å². The molecule has 0 spiro atoms. The number of hydrogen-bond donors (Lipinski definition) is 2. The van der Waals surface area contributed by atoms with Gasteiger partial charge in [0.15, 0.2) is 11.5 Å². The summed E-state index contributed by atoms with van der Waals surface area (Å²) in [5.41, 5.74) is 7.52. The number of rotatable bonds is 6. The van der Waals surface area contributed by atoms with Gasteiger partial charge in [0, 0.05) is 66.2 Å². The number of nitrogens with two attached hydrogens (primary N) is 1. The van der Waals surface area contributed by atoms with Gasteiger partial charge in [0.2, 0.25) is 11.9 Å². The molecule has 4 aromatic rings. The molecule has 0 bridgehead atoms. The summed E-state index contributed by atoms with van der Waals surface area (Å²) in [5, 5.41) is 7.90. The van der Waals surface area contributed by atoms with Crippen LogP contribution in [0.1, 0.15) is 29.9 Å². The molecule has 2 fully saturated rings. The molecule has 2 aromatic heterocycles. The number of benzene rings is 2. The molecule has 2 aliphatic heterocycles. The van der Waals surface area contributed by atoms with Crippen molar-refractivity contribution in [2.75, 3.05) is 50.1 Å². The number of H-pyrrole nitrogens is 1. The fourth-order valence-corrected chi connectivity index (χ4v) is 6.55. The summed E-state index contributed by atoms with van der Waals surface area (Å²) in [6.07, 6.45) is 1.32. The lowest BCUT2D eigenvalue weighted by atomic mass is 9.93. The van der Waals surface area contributed by atoms with Gasteiger partial charge in [0.1, 0.15) is 11.3 Å². The predicted octanol–water partition coefficient (Wildman–Crippen LogP) is 3.73. The van der Waals surface area contributed by atoms with Crippen molar-refractivity contribution in [2.45, 2.75) is 38.9 Å². The van der Waals surface area contributed by atoms with Crippen molar-refractivity contribution in [3.05, 3.63) is 53.0 Å². The molecule has 0 saturated carbocycles. The number of primary amides is 1. The van der Waals surface area contributed by atoms with E-state index in [0.717, 1.165) is 0 Å². The Morgan fingerprint density at radius 3 is 2.52 bits per heavy atom. The van der Waals surface area contributed by atoms with Crippen molar-refractivity contribution in [3.8, 4) is 11.1 Å². The van der Waals surface area contributed by atoms with Crippen molar-refractivity contribution >= 4 is 57.0 Å². The second kappa shape index (κ2) is 11.0. The van der Waals surface area contributed by atoms with E-state index in [1.165, 1.54) is 6.08 Å². The first-order chi connectivity index (χ1) is 20.9. The van der Waals surface area contributed by atoms with Crippen molar-refractivity contribution in [2.24, 2.45) is 5.73 Å². The van der Waals surface area contributed by atoms with Crippen LogP contribution in [0.4, 0.5) is 16.2 Å². The molecule has 44 heavy (non-hydrogen) atoms. The highest BCUT2D eigenvalue weighted by molar-refractivity contribution is 6.35. The molecule has 13 heteroatoms. The minimum Gasteiger partial charge on any atom is -0.364 e. The summed E-state index contributed by atoms with van der Waals surface area (Å²) in [6, 6.07) is 5.32. The van der Waals surface area contributed by atoms with Gasteiger partial charge in [-0.1, -0.05) is 24.2 Å².